The molecule has 0 bridgehead atoms. The summed E-state index contributed by atoms with van der Waals surface area (Å²) in [5.41, 5.74) is 2.74. The normalized spacial score (nSPS) is 10.2. The Morgan fingerprint density at radius 1 is 1.17 bits per heavy atom. The van der Waals surface area contributed by atoms with Crippen LogP contribution in [0.5, 0.6) is 5.75 Å². The minimum absolute atomic E-state index is 0.0740. The number of carbonyl (C=O) groups is 1. The topological polar surface area (TPSA) is 26.3 Å². The van der Waals surface area contributed by atoms with Gasteiger partial charge in [0.25, 0.3) is 0 Å². The number of aldehydes is 1. The molecule has 0 spiro atoms. The number of hydrogen-bond acceptors (Lipinski definition) is 2. The molecule has 2 rings (SSSR count). The number of rotatable bonds is 3. The lowest BCUT2D eigenvalue weighted by Gasteiger charge is -2.09. The third-order valence-corrected chi connectivity index (χ3v) is 2.87. The van der Waals surface area contributed by atoms with Crippen molar-refractivity contribution in [1.82, 2.24) is 0 Å². The monoisotopic (exact) mass is 244 g/mol. The van der Waals surface area contributed by atoms with E-state index in [1.165, 1.54) is 12.1 Å². The van der Waals surface area contributed by atoms with E-state index in [1.807, 2.05) is 25.1 Å². The molecule has 3 heteroatoms. The first-order valence-electron chi connectivity index (χ1n) is 5.55. The summed E-state index contributed by atoms with van der Waals surface area (Å²) in [4.78, 5) is 10.6. The second kappa shape index (κ2) is 5.00. The summed E-state index contributed by atoms with van der Waals surface area (Å²) < 4.78 is 18.7. The van der Waals surface area contributed by atoms with Crippen LogP contribution in [0.25, 0.3) is 11.1 Å². The number of ether oxygens (including phenoxy) is 1. The molecule has 0 saturated carbocycles. The molecular weight excluding hydrogens is 231 g/mol. The van der Waals surface area contributed by atoms with Gasteiger partial charge in [-0.15, -0.1) is 0 Å². The average molecular weight is 244 g/mol. The molecule has 0 aliphatic carbocycles. The molecule has 0 saturated heterocycles. The van der Waals surface area contributed by atoms with E-state index in [0.29, 0.717) is 6.29 Å². The van der Waals surface area contributed by atoms with Gasteiger partial charge in [0.2, 0.25) is 0 Å². The molecule has 0 heterocycles. The summed E-state index contributed by atoms with van der Waals surface area (Å²) in [5.74, 6) is 0.263. The van der Waals surface area contributed by atoms with Gasteiger partial charge in [0.1, 0.15) is 11.6 Å². The molecule has 0 radical (unpaired) electrons. The van der Waals surface area contributed by atoms with Crippen LogP contribution in [-0.4, -0.2) is 13.4 Å². The standard InChI is InChI=1S/C15H13FO2/c1-10-7-13(18-2)5-6-14(10)11-3-4-12(9-17)15(16)8-11/h3-9H,1-2H3. The van der Waals surface area contributed by atoms with Crippen molar-refractivity contribution in [1.29, 1.82) is 0 Å². The molecule has 0 aromatic heterocycles. The quantitative estimate of drug-likeness (QED) is 0.771. The predicted molar refractivity (Wildman–Crippen MR) is 68.5 cm³/mol. The maximum absolute atomic E-state index is 13.6. The Bertz CT molecular complexity index is 591. The van der Waals surface area contributed by atoms with Gasteiger partial charge in [-0.3, -0.25) is 4.79 Å². The Morgan fingerprint density at radius 2 is 1.94 bits per heavy atom. The second-order valence-corrected chi connectivity index (χ2v) is 4.03. The Kier molecular flexibility index (Phi) is 3.42. The maximum Gasteiger partial charge on any atom is 0.152 e. The van der Waals surface area contributed by atoms with Crippen molar-refractivity contribution in [3.63, 3.8) is 0 Å². The first-order chi connectivity index (χ1) is 8.65. The highest BCUT2D eigenvalue weighted by Crippen LogP contribution is 2.27. The SMILES string of the molecule is COc1ccc(-c2ccc(C=O)c(F)c2)c(C)c1. The number of aryl methyl sites for hydroxylation is 1. The van der Waals surface area contributed by atoms with E-state index in [9.17, 15) is 9.18 Å². The molecule has 0 aliphatic rings. The van der Waals surface area contributed by atoms with Gasteiger partial charge in [-0.1, -0.05) is 12.1 Å². The van der Waals surface area contributed by atoms with Crippen molar-refractivity contribution < 1.29 is 13.9 Å². The molecule has 0 unspecified atom stereocenters. The van der Waals surface area contributed by atoms with E-state index in [4.69, 9.17) is 4.74 Å². The number of carbonyl (C=O) groups excluding carboxylic acids is 1. The van der Waals surface area contributed by atoms with Gasteiger partial charge in [-0.25, -0.2) is 4.39 Å². The van der Waals surface area contributed by atoms with E-state index in [1.54, 1.807) is 13.2 Å². The smallest absolute Gasteiger partial charge is 0.152 e. The fourth-order valence-corrected chi connectivity index (χ4v) is 1.88. The van der Waals surface area contributed by atoms with E-state index in [2.05, 4.69) is 0 Å². The number of halogens is 1. The van der Waals surface area contributed by atoms with Gasteiger partial charge in [0.15, 0.2) is 6.29 Å². The van der Waals surface area contributed by atoms with Crippen molar-refractivity contribution in [3.8, 4) is 16.9 Å². The molecule has 0 amide bonds. The van der Waals surface area contributed by atoms with Crippen molar-refractivity contribution in [2.75, 3.05) is 7.11 Å². The summed E-state index contributed by atoms with van der Waals surface area (Å²) in [6.45, 7) is 1.93. The zero-order valence-corrected chi connectivity index (χ0v) is 10.2. The number of benzene rings is 2. The zero-order valence-electron chi connectivity index (χ0n) is 10.2. The Morgan fingerprint density at radius 3 is 2.50 bits per heavy atom. The third-order valence-electron chi connectivity index (χ3n) is 2.87. The second-order valence-electron chi connectivity index (χ2n) is 4.03. The van der Waals surface area contributed by atoms with E-state index in [-0.39, 0.29) is 5.56 Å². The molecule has 18 heavy (non-hydrogen) atoms. The van der Waals surface area contributed by atoms with Gasteiger partial charge in [-0.2, -0.15) is 0 Å². The number of hydrogen-bond donors (Lipinski definition) is 0. The Balaban J connectivity index is 2.48. The Hall–Kier alpha value is -2.16. The fourth-order valence-electron chi connectivity index (χ4n) is 1.88. The molecule has 0 N–H and O–H groups in total. The van der Waals surface area contributed by atoms with Crippen LogP contribution in [0.3, 0.4) is 0 Å². The van der Waals surface area contributed by atoms with E-state index >= 15 is 0 Å². The minimum atomic E-state index is -0.502. The van der Waals surface area contributed by atoms with Crippen molar-refractivity contribution in [3.05, 3.63) is 53.3 Å². The lowest BCUT2D eigenvalue weighted by atomic mass is 9.99. The molecule has 92 valence electrons. The van der Waals surface area contributed by atoms with Crippen LogP contribution in [0.4, 0.5) is 4.39 Å². The first-order valence-corrected chi connectivity index (χ1v) is 5.55. The zero-order chi connectivity index (χ0) is 13.1. The van der Waals surface area contributed by atoms with Crippen LogP contribution in [0.15, 0.2) is 36.4 Å². The lowest BCUT2D eigenvalue weighted by Crippen LogP contribution is -1.91. The highest BCUT2D eigenvalue weighted by molar-refractivity contribution is 5.78. The van der Waals surface area contributed by atoms with Gasteiger partial charge >= 0.3 is 0 Å². The highest BCUT2D eigenvalue weighted by atomic mass is 19.1. The lowest BCUT2D eigenvalue weighted by molar-refractivity contribution is 0.112. The van der Waals surface area contributed by atoms with Gasteiger partial charge in [0.05, 0.1) is 12.7 Å². The van der Waals surface area contributed by atoms with Gasteiger partial charge < -0.3 is 4.74 Å². The molecule has 2 aromatic rings. The summed E-state index contributed by atoms with van der Waals surface area (Å²) in [6, 6.07) is 10.2. The third kappa shape index (κ3) is 2.25. The van der Waals surface area contributed by atoms with Crippen LogP contribution >= 0.6 is 0 Å². The van der Waals surface area contributed by atoms with Crippen LogP contribution < -0.4 is 4.74 Å². The summed E-state index contributed by atoms with van der Waals surface area (Å²) in [6.07, 6.45) is 0.514. The molecule has 0 fully saturated rings. The summed E-state index contributed by atoms with van der Waals surface area (Å²) in [7, 11) is 1.60. The largest absolute Gasteiger partial charge is 0.497 e. The van der Waals surface area contributed by atoms with E-state index in [0.717, 1.165) is 22.4 Å². The maximum atomic E-state index is 13.6. The van der Waals surface area contributed by atoms with Crippen LogP contribution in [0.1, 0.15) is 15.9 Å². The molecular formula is C15H13FO2. The first kappa shape index (κ1) is 12.3. The molecule has 2 aromatic carbocycles. The van der Waals surface area contributed by atoms with E-state index < -0.39 is 5.82 Å². The predicted octanol–water partition coefficient (Wildman–Crippen LogP) is 3.62. The van der Waals surface area contributed by atoms with Gasteiger partial charge in [0, 0.05) is 0 Å². The Labute approximate surface area is 105 Å². The highest BCUT2D eigenvalue weighted by Gasteiger charge is 2.07. The number of methoxy groups -OCH3 is 1. The molecule has 2 nitrogen and oxygen atoms in total. The van der Waals surface area contributed by atoms with Crippen molar-refractivity contribution in [2.45, 2.75) is 6.92 Å². The van der Waals surface area contributed by atoms with Gasteiger partial charge in [-0.05, 0) is 47.9 Å². The van der Waals surface area contributed by atoms with Crippen LogP contribution in [0.2, 0.25) is 0 Å². The summed E-state index contributed by atoms with van der Waals surface area (Å²) in [5, 5.41) is 0. The van der Waals surface area contributed by atoms with Crippen LogP contribution in [-0.2, 0) is 0 Å². The van der Waals surface area contributed by atoms with Crippen LogP contribution in [0, 0.1) is 12.7 Å². The molecule has 0 aliphatic heterocycles. The molecule has 0 atom stereocenters. The summed E-state index contributed by atoms with van der Waals surface area (Å²) >= 11 is 0. The minimum Gasteiger partial charge on any atom is -0.497 e. The van der Waals surface area contributed by atoms with Crippen molar-refractivity contribution >= 4 is 6.29 Å². The fraction of sp³-hybridized carbons (Fsp3) is 0.133. The average Bonchev–Trinajstić information content (AvgIpc) is 2.38. The van der Waals surface area contributed by atoms with Crippen molar-refractivity contribution in [2.24, 2.45) is 0 Å².